The SMILES string of the molecule is C[C@@H]1C[C@]23C4=CCCN2CCC[C@@H]3[C@@H](O)C[C@@H]4C1=O. The molecular formula is C16H23NO2. The van der Waals surface area contributed by atoms with Crippen molar-refractivity contribution in [2.75, 3.05) is 13.1 Å². The van der Waals surface area contributed by atoms with E-state index in [4.69, 9.17) is 0 Å². The molecule has 2 heterocycles. The maximum atomic E-state index is 12.5. The molecule has 4 rings (SSSR count). The number of ketones is 1. The Bertz CT molecular complexity index is 458. The molecule has 0 unspecified atom stereocenters. The second-order valence-corrected chi connectivity index (χ2v) is 6.97. The Labute approximate surface area is 114 Å². The van der Waals surface area contributed by atoms with E-state index >= 15 is 0 Å². The van der Waals surface area contributed by atoms with Gasteiger partial charge < -0.3 is 5.11 Å². The predicted octanol–water partition coefficient (Wildman–Crippen LogP) is 1.76. The molecule has 4 aliphatic rings. The van der Waals surface area contributed by atoms with Gasteiger partial charge in [0.05, 0.1) is 6.10 Å². The van der Waals surface area contributed by atoms with E-state index in [1.165, 1.54) is 12.0 Å². The summed E-state index contributed by atoms with van der Waals surface area (Å²) in [5.74, 6) is 0.910. The zero-order valence-corrected chi connectivity index (χ0v) is 11.6. The summed E-state index contributed by atoms with van der Waals surface area (Å²) in [7, 11) is 0. The maximum absolute atomic E-state index is 12.5. The monoisotopic (exact) mass is 261 g/mol. The number of carbonyl (C=O) groups is 1. The smallest absolute Gasteiger partial charge is 0.143 e. The van der Waals surface area contributed by atoms with E-state index < -0.39 is 0 Å². The van der Waals surface area contributed by atoms with E-state index in [-0.39, 0.29) is 23.5 Å². The number of carbonyl (C=O) groups excluding carboxylic acids is 1. The second kappa shape index (κ2) is 3.92. The topological polar surface area (TPSA) is 40.5 Å². The van der Waals surface area contributed by atoms with Crippen LogP contribution in [0.1, 0.15) is 39.0 Å². The van der Waals surface area contributed by atoms with Crippen LogP contribution in [0.2, 0.25) is 0 Å². The Hall–Kier alpha value is -0.670. The van der Waals surface area contributed by atoms with Crippen molar-refractivity contribution in [2.45, 2.75) is 50.7 Å². The van der Waals surface area contributed by atoms with Gasteiger partial charge in [0.1, 0.15) is 5.78 Å². The zero-order chi connectivity index (χ0) is 13.2. The average Bonchev–Trinajstić information content (AvgIpc) is 2.40. The van der Waals surface area contributed by atoms with Gasteiger partial charge in [-0.25, -0.2) is 0 Å². The molecule has 1 N–H and O–H groups in total. The van der Waals surface area contributed by atoms with Gasteiger partial charge in [0.25, 0.3) is 0 Å². The lowest BCUT2D eigenvalue weighted by molar-refractivity contribution is -0.146. The number of rotatable bonds is 0. The number of hydrogen-bond acceptors (Lipinski definition) is 3. The number of piperidine rings is 1. The van der Waals surface area contributed by atoms with Crippen LogP contribution in [-0.4, -0.2) is 40.5 Å². The first-order chi connectivity index (χ1) is 9.14. The number of aliphatic hydroxyl groups is 1. The lowest BCUT2D eigenvalue weighted by Gasteiger charge is -2.63. The fourth-order valence-corrected chi connectivity index (χ4v) is 5.50. The van der Waals surface area contributed by atoms with E-state index in [0.29, 0.717) is 18.1 Å². The minimum atomic E-state index is -0.278. The summed E-state index contributed by atoms with van der Waals surface area (Å²) in [5.41, 5.74) is 1.42. The number of hydrogen-bond donors (Lipinski definition) is 1. The Kier molecular flexibility index (Phi) is 2.50. The predicted molar refractivity (Wildman–Crippen MR) is 72.6 cm³/mol. The highest BCUT2D eigenvalue weighted by Gasteiger charge is 2.61. The lowest BCUT2D eigenvalue weighted by atomic mass is 9.51. The first-order valence-corrected chi connectivity index (χ1v) is 7.82. The Balaban J connectivity index is 1.89. The Morgan fingerprint density at radius 2 is 2.26 bits per heavy atom. The molecule has 2 bridgehead atoms. The van der Waals surface area contributed by atoms with Crippen molar-refractivity contribution in [3.63, 3.8) is 0 Å². The van der Waals surface area contributed by atoms with E-state index in [9.17, 15) is 9.90 Å². The van der Waals surface area contributed by atoms with Crippen LogP contribution in [0.15, 0.2) is 11.6 Å². The van der Waals surface area contributed by atoms with Crippen molar-refractivity contribution in [1.82, 2.24) is 4.90 Å². The molecule has 3 heteroatoms. The van der Waals surface area contributed by atoms with Crippen molar-refractivity contribution >= 4 is 5.78 Å². The minimum Gasteiger partial charge on any atom is -0.393 e. The van der Waals surface area contributed by atoms with Gasteiger partial charge in [-0.05, 0) is 44.2 Å². The van der Waals surface area contributed by atoms with Gasteiger partial charge in [-0.3, -0.25) is 9.69 Å². The van der Waals surface area contributed by atoms with Crippen LogP contribution < -0.4 is 0 Å². The molecule has 1 saturated heterocycles. The van der Waals surface area contributed by atoms with Crippen LogP contribution in [0.4, 0.5) is 0 Å². The summed E-state index contributed by atoms with van der Waals surface area (Å²) in [6, 6.07) is 0. The average molecular weight is 261 g/mol. The van der Waals surface area contributed by atoms with E-state index in [0.717, 1.165) is 32.4 Å². The molecule has 0 aromatic heterocycles. The second-order valence-electron chi connectivity index (χ2n) is 6.97. The minimum absolute atomic E-state index is 0.0101. The van der Waals surface area contributed by atoms with Crippen LogP contribution in [0.5, 0.6) is 0 Å². The standard InChI is InChI=1S/C16H23NO2/c1-10-9-16-12-4-2-6-17(16)7-3-5-13(16)14(18)8-11(12)15(10)19/h4,10-11,13-14,18H,2-3,5-9H2,1H3/t10-,11+,13-,14+,16-/m1/s1. The van der Waals surface area contributed by atoms with Gasteiger partial charge in [-0.15, -0.1) is 0 Å². The summed E-state index contributed by atoms with van der Waals surface area (Å²) >= 11 is 0. The molecule has 0 aromatic carbocycles. The van der Waals surface area contributed by atoms with Crippen LogP contribution in [0.25, 0.3) is 0 Å². The molecular weight excluding hydrogens is 238 g/mol. The fourth-order valence-electron chi connectivity index (χ4n) is 5.50. The van der Waals surface area contributed by atoms with Crippen LogP contribution in [0, 0.1) is 17.8 Å². The van der Waals surface area contributed by atoms with Crippen molar-refractivity contribution in [3.8, 4) is 0 Å². The van der Waals surface area contributed by atoms with Crippen molar-refractivity contribution < 1.29 is 9.90 Å². The molecule has 3 nitrogen and oxygen atoms in total. The molecule has 0 aromatic rings. The van der Waals surface area contributed by atoms with Gasteiger partial charge in [-0.2, -0.15) is 0 Å². The molecule has 2 aliphatic carbocycles. The van der Waals surface area contributed by atoms with Gasteiger partial charge in [0.15, 0.2) is 0 Å². The molecule has 5 atom stereocenters. The summed E-state index contributed by atoms with van der Waals surface area (Å²) < 4.78 is 0. The van der Waals surface area contributed by atoms with Gasteiger partial charge in [-0.1, -0.05) is 13.0 Å². The highest BCUT2D eigenvalue weighted by molar-refractivity contribution is 5.88. The third kappa shape index (κ3) is 1.38. The van der Waals surface area contributed by atoms with Crippen LogP contribution >= 0.6 is 0 Å². The molecule has 1 spiro atoms. The summed E-state index contributed by atoms with van der Waals surface area (Å²) in [6.07, 6.45) is 7.09. The summed E-state index contributed by atoms with van der Waals surface area (Å²) in [5, 5.41) is 10.6. The molecule has 0 radical (unpaired) electrons. The third-order valence-corrected chi connectivity index (χ3v) is 6.15. The lowest BCUT2D eigenvalue weighted by Crippen LogP contribution is -2.69. The van der Waals surface area contributed by atoms with Crippen LogP contribution in [0.3, 0.4) is 0 Å². The maximum Gasteiger partial charge on any atom is 0.143 e. The molecule has 0 amide bonds. The van der Waals surface area contributed by atoms with Crippen molar-refractivity contribution in [3.05, 3.63) is 11.6 Å². The molecule has 3 fully saturated rings. The first kappa shape index (κ1) is 12.1. The number of nitrogens with zero attached hydrogens (tertiary/aromatic N) is 1. The molecule has 19 heavy (non-hydrogen) atoms. The van der Waals surface area contributed by atoms with Gasteiger partial charge >= 0.3 is 0 Å². The highest BCUT2D eigenvalue weighted by Crippen LogP contribution is 2.57. The van der Waals surface area contributed by atoms with E-state index in [1.807, 2.05) is 0 Å². The fraction of sp³-hybridized carbons (Fsp3) is 0.812. The third-order valence-electron chi connectivity index (χ3n) is 6.15. The van der Waals surface area contributed by atoms with Gasteiger partial charge in [0, 0.05) is 29.8 Å². The summed E-state index contributed by atoms with van der Waals surface area (Å²) in [4.78, 5) is 15.1. The van der Waals surface area contributed by atoms with Crippen molar-refractivity contribution in [2.24, 2.45) is 17.8 Å². The van der Waals surface area contributed by atoms with Gasteiger partial charge in [0.2, 0.25) is 0 Å². The Morgan fingerprint density at radius 3 is 3.11 bits per heavy atom. The largest absolute Gasteiger partial charge is 0.393 e. The number of Topliss-reactive ketones (excluding diaryl/α,β-unsaturated/α-hetero) is 1. The normalized spacial score (nSPS) is 49.6. The highest BCUT2D eigenvalue weighted by atomic mass is 16.3. The molecule has 2 aliphatic heterocycles. The zero-order valence-electron chi connectivity index (χ0n) is 11.6. The molecule has 2 saturated carbocycles. The van der Waals surface area contributed by atoms with Crippen molar-refractivity contribution in [1.29, 1.82) is 0 Å². The van der Waals surface area contributed by atoms with Crippen LogP contribution in [-0.2, 0) is 4.79 Å². The van der Waals surface area contributed by atoms with E-state index in [2.05, 4.69) is 17.9 Å². The first-order valence-electron chi connectivity index (χ1n) is 7.82. The Morgan fingerprint density at radius 1 is 1.42 bits per heavy atom. The van der Waals surface area contributed by atoms with E-state index in [1.54, 1.807) is 0 Å². The number of aliphatic hydroxyl groups excluding tert-OH is 1. The quantitative estimate of drug-likeness (QED) is 0.675. The summed E-state index contributed by atoms with van der Waals surface area (Å²) in [6.45, 7) is 4.35. The molecule has 104 valence electrons.